The number of unbranched alkanes of at least 4 members (excludes halogenated alkanes) is 15. The summed E-state index contributed by atoms with van der Waals surface area (Å²) in [7, 11) is 0. The number of ether oxygens (including phenoxy) is 4. The smallest absolute Gasteiger partial charge is 0.326 e. The summed E-state index contributed by atoms with van der Waals surface area (Å²) in [6.45, 7) is 1.77. The van der Waals surface area contributed by atoms with E-state index in [-0.39, 0.29) is 103 Å². The van der Waals surface area contributed by atoms with Gasteiger partial charge in [0.2, 0.25) is 41.4 Å². The number of nitrogens with one attached hydrogen (secondary N) is 6. The van der Waals surface area contributed by atoms with E-state index < -0.39 is 89.8 Å². The van der Waals surface area contributed by atoms with Crippen molar-refractivity contribution in [1.82, 2.24) is 31.9 Å². The summed E-state index contributed by atoms with van der Waals surface area (Å²) in [6, 6.07) is -2.63. The van der Waals surface area contributed by atoms with E-state index in [1.165, 1.54) is 71.1 Å². The van der Waals surface area contributed by atoms with Gasteiger partial charge in [-0.15, -0.1) is 0 Å². The highest BCUT2D eigenvalue weighted by Crippen LogP contribution is 2.29. The van der Waals surface area contributed by atoms with Crippen molar-refractivity contribution < 1.29 is 87.0 Å². The molecule has 11 N–H and O–H groups in total. The molecule has 2 unspecified atom stereocenters. The van der Waals surface area contributed by atoms with Crippen molar-refractivity contribution in [3.05, 3.63) is 0 Å². The van der Waals surface area contributed by atoms with Crippen molar-refractivity contribution in [3.8, 4) is 0 Å². The first-order valence-electron chi connectivity index (χ1n) is 28.9. The molecule has 0 spiro atoms. The summed E-state index contributed by atoms with van der Waals surface area (Å²) in [5.74, 6) is -8.05. The average Bonchev–Trinajstić information content (AvgIpc) is 3.43. The molecule has 4 atom stereocenters. The number of aliphatic carboxylic acids is 3. The van der Waals surface area contributed by atoms with Crippen LogP contribution in [0.2, 0.25) is 0 Å². The van der Waals surface area contributed by atoms with Crippen LogP contribution in [0, 0.1) is 17.8 Å². The SMILES string of the molecule is CC(C(=O)NCC=O)C(OCCOCCNC(=O)COCCOCCNC(=O)[C@H](CCC(=O)O)NC(=O)CC[C@H](NC(=O)[C@H]1CC[C@H](CNC(=O)CCCCCCCCCCCCCCCCCCC(=O)O)CC1)C(=O)O)C(N)=O. The van der Waals surface area contributed by atoms with Crippen LogP contribution in [0.5, 0.6) is 0 Å². The Balaban J connectivity index is 2.22. The van der Waals surface area contributed by atoms with Gasteiger partial charge in [-0.3, -0.25) is 43.2 Å². The Kier molecular flexibility index (Phi) is 42.3. The molecule has 0 heterocycles. The summed E-state index contributed by atoms with van der Waals surface area (Å²) in [4.78, 5) is 132. The fourth-order valence-corrected chi connectivity index (χ4v) is 8.96. The van der Waals surface area contributed by atoms with Gasteiger partial charge in [0, 0.05) is 51.2 Å². The topological polar surface area (TPSA) is 384 Å². The number of carbonyl (C=O) groups excluding carboxylic acids is 8. The second kappa shape index (κ2) is 46.9. The van der Waals surface area contributed by atoms with E-state index in [4.69, 9.17) is 29.8 Å². The zero-order valence-electron chi connectivity index (χ0n) is 47.2. The normalized spacial score (nSPS) is 15.5. The molecule has 7 amide bonds. The lowest BCUT2D eigenvalue weighted by Gasteiger charge is -2.28. The zero-order valence-corrected chi connectivity index (χ0v) is 47.2. The first-order valence-corrected chi connectivity index (χ1v) is 28.9. The third-order valence-electron chi connectivity index (χ3n) is 13.7. The maximum absolute atomic E-state index is 13.1. The van der Waals surface area contributed by atoms with Crippen molar-refractivity contribution >= 4 is 65.5 Å². The molecule has 458 valence electrons. The molecule has 0 aliphatic heterocycles. The second-order valence-corrected chi connectivity index (χ2v) is 20.4. The lowest BCUT2D eigenvalue weighted by atomic mass is 9.81. The highest BCUT2D eigenvalue weighted by molar-refractivity contribution is 5.90. The maximum Gasteiger partial charge on any atom is 0.326 e. The minimum atomic E-state index is -1.38. The number of aldehydes is 1. The molecular weight excluding hydrogens is 1050 g/mol. The molecule has 0 bridgehead atoms. The van der Waals surface area contributed by atoms with E-state index in [9.17, 15) is 63.0 Å². The molecule has 80 heavy (non-hydrogen) atoms. The molecule has 0 saturated heterocycles. The molecule has 25 nitrogen and oxygen atoms in total. The van der Waals surface area contributed by atoms with Crippen LogP contribution in [0.1, 0.15) is 174 Å². The predicted octanol–water partition coefficient (Wildman–Crippen LogP) is 2.82. The number of primary amides is 1. The molecule has 1 fully saturated rings. The van der Waals surface area contributed by atoms with Crippen LogP contribution in [0.25, 0.3) is 0 Å². The van der Waals surface area contributed by atoms with Crippen LogP contribution >= 0.6 is 0 Å². The Hall–Kier alpha value is -5.79. The van der Waals surface area contributed by atoms with Gasteiger partial charge in [0.25, 0.3) is 0 Å². The first-order chi connectivity index (χ1) is 38.4. The Morgan fingerprint density at radius 3 is 1.57 bits per heavy atom. The molecule has 0 aromatic heterocycles. The number of carboxylic acids is 3. The summed E-state index contributed by atoms with van der Waals surface area (Å²) < 4.78 is 21.4. The highest BCUT2D eigenvalue weighted by Gasteiger charge is 2.31. The second-order valence-electron chi connectivity index (χ2n) is 20.4. The number of rotatable bonds is 52. The van der Waals surface area contributed by atoms with Gasteiger partial charge in [-0.05, 0) is 57.3 Å². The Labute approximate surface area is 471 Å². The van der Waals surface area contributed by atoms with Gasteiger partial charge < -0.3 is 76.7 Å². The van der Waals surface area contributed by atoms with Gasteiger partial charge in [-0.25, -0.2) is 4.79 Å². The van der Waals surface area contributed by atoms with E-state index in [2.05, 4.69) is 31.9 Å². The largest absolute Gasteiger partial charge is 0.481 e. The lowest BCUT2D eigenvalue weighted by Crippen LogP contribution is -2.48. The Morgan fingerprint density at radius 1 is 0.525 bits per heavy atom. The average molecular weight is 1140 g/mol. The standard InChI is InChI=1S/C55H95N7O18/c1-40(52(72)58-28-31-63)50(51(56)71)80-37-36-78-32-29-57-47(66)39-79-35-34-77-33-30-59-54(74)43(25-27-49(69)70)61-46(65)26-24-44(55(75)76)62-53(73)42-22-20-41(21-23-42)38-60-45(64)18-16-14-12-10-8-6-4-2-3-5-7-9-11-13-15-17-19-48(67)68/h31,40-44,50H,2-30,32-39H2,1H3,(H2,56,71)(H,57,66)(H,58,72)(H,59,74)(H,60,64)(H,61,65)(H,62,73)(H,67,68)(H,69,70)(H,75,76)/t40?,41-,42-,43-,44-,50?/m0/s1. The van der Waals surface area contributed by atoms with Gasteiger partial charge in [0.15, 0.2) is 0 Å². The van der Waals surface area contributed by atoms with Crippen molar-refractivity contribution in [2.45, 2.75) is 192 Å². The third-order valence-corrected chi connectivity index (χ3v) is 13.7. The van der Waals surface area contributed by atoms with Gasteiger partial charge >= 0.3 is 17.9 Å². The minimum absolute atomic E-state index is 0.0138. The molecule has 1 rings (SSSR count). The summed E-state index contributed by atoms with van der Waals surface area (Å²) >= 11 is 0. The summed E-state index contributed by atoms with van der Waals surface area (Å²) in [6.07, 6.45) is 19.5. The number of carboxylic acid groups (broad SMARTS) is 3. The summed E-state index contributed by atoms with van der Waals surface area (Å²) in [5, 5.41) is 43.3. The van der Waals surface area contributed by atoms with Crippen molar-refractivity contribution in [1.29, 1.82) is 0 Å². The maximum atomic E-state index is 13.1. The Morgan fingerprint density at radius 2 is 1.04 bits per heavy atom. The monoisotopic (exact) mass is 1140 g/mol. The number of carbonyl (C=O) groups is 11. The molecule has 1 aliphatic carbocycles. The van der Waals surface area contributed by atoms with Crippen molar-refractivity contribution in [2.24, 2.45) is 23.5 Å². The van der Waals surface area contributed by atoms with Gasteiger partial charge in [-0.1, -0.05) is 96.8 Å². The fourth-order valence-electron chi connectivity index (χ4n) is 8.96. The van der Waals surface area contributed by atoms with E-state index in [1.54, 1.807) is 0 Å². The molecule has 25 heteroatoms. The van der Waals surface area contributed by atoms with Crippen LogP contribution in [-0.4, -0.2) is 171 Å². The minimum Gasteiger partial charge on any atom is -0.481 e. The molecule has 0 aromatic carbocycles. The third kappa shape index (κ3) is 38.7. The number of nitrogens with two attached hydrogens (primary N) is 1. The number of hydrogen-bond donors (Lipinski definition) is 10. The Bertz CT molecular complexity index is 1840. The van der Waals surface area contributed by atoms with E-state index >= 15 is 0 Å². The quantitative estimate of drug-likeness (QED) is 0.0309. The van der Waals surface area contributed by atoms with Crippen LogP contribution in [0.4, 0.5) is 0 Å². The van der Waals surface area contributed by atoms with E-state index in [0.717, 1.165) is 38.5 Å². The van der Waals surface area contributed by atoms with Gasteiger partial charge in [0.05, 0.1) is 52.1 Å². The molecule has 1 aliphatic rings. The van der Waals surface area contributed by atoms with E-state index in [1.807, 2.05) is 0 Å². The fraction of sp³-hybridized carbons (Fsp3) is 0.800. The van der Waals surface area contributed by atoms with Crippen LogP contribution in [0.15, 0.2) is 0 Å². The van der Waals surface area contributed by atoms with Crippen LogP contribution in [-0.2, 0) is 71.7 Å². The van der Waals surface area contributed by atoms with Crippen molar-refractivity contribution in [3.63, 3.8) is 0 Å². The van der Waals surface area contributed by atoms with Crippen LogP contribution < -0.4 is 37.6 Å². The summed E-state index contributed by atoms with van der Waals surface area (Å²) in [5.41, 5.74) is 5.32. The molecule has 0 aromatic rings. The first kappa shape index (κ1) is 72.2. The number of hydrogen-bond acceptors (Lipinski definition) is 15. The van der Waals surface area contributed by atoms with Crippen LogP contribution in [0.3, 0.4) is 0 Å². The zero-order chi connectivity index (χ0) is 59.2. The van der Waals surface area contributed by atoms with Gasteiger partial charge in [-0.2, -0.15) is 0 Å². The molecule has 0 radical (unpaired) electrons. The molecule has 1 saturated carbocycles. The van der Waals surface area contributed by atoms with Gasteiger partial charge in [0.1, 0.15) is 31.1 Å². The predicted molar refractivity (Wildman–Crippen MR) is 292 cm³/mol. The lowest BCUT2D eigenvalue weighted by molar-refractivity contribution is -0.143. The van der Waals surface area contributed by atoms with E-state index in [0.29, 0.717) is 44.9 Å². The number of amides is 7. The molecular formula is C55H95N7O18. The van der Waals surface area contributed by atoms with Crippen molar-refractivity contribution in [2.75, 3.05) is 72.4 Å². The highest BCUT2D eigenvalue weighted by atomic mass is 16.5.